The van der Waals surface area contributed by atoms with E-state index in [9.17, 15) is 14.9 Å². The van der Waals surface area contributed by atoms with Crippen LogP contribution in [0.5, 0.6) is 0 Å². The fourth-order valence-electron chi connectivity index (χ4n) is 3.57. The number of amides is 1. The molecule has 0 spiro atoms. The summed E-state index contributed by atoms with van der Waals surface area (Å²) >= 11 is 3.08. The van der Waals surface area contributed by atoms with Crippen molar-refractivity contribution in [1.29, 1.82) is 5.26 Å². The van der Waals surface area contributed by atoms with Crippen molar-refractivity contribution in [1.82, 2.24) is 4.98 Å². The lowest BCUT2D eigenvalue weighted by molar-refractivity contribution is -0.121. The SMILES string of the molecule is CSc1nc(C2CC2)cc(C(=O)OCC(=O)N2CCC(C)Sc3ccccc32)c1C#N. The summed E-state index contributed by atoms with van der Waals surface area (Å²) in [6.45, 7) is 2.35. The van der Waals surface area contributed by atoms with E-state index in [2.05, 4.69) is 18.0 Å². The first-order chi connectivity index (χ1) is 15.0. The van der Waals surface area contributed by atoms with Crippen LogP contribution in [0.4, 0.5) is 5.69 Å². The molecule has 1 amide bonds. The largest absolute Gasteiger partial charge is 0.452 e. The number of para-hydroxylation sites is 1. The van der Waals surface area contributed by atoms with Gasteiger partial charge in [-0.1, -0.05) is 19.1 Å². The first-order valence-corrected chi connectivity index (χ1v) is 12.3. The molecular weight excluding hydrogens is 430 g/mol. The monoisotopic (exact) mass is 453 g/mol. The first-order valence-electron chi connectivity index (χ1n) is 10.2. The summed E-state index contributed by atoms with van der Waals surface area (Å²) in [5.41, 5.74) is 2.06. The number of benzene rings is 1. The Hall–Kier alpha value is -2.50. The molecule has 1 aliphatic carbocycles. The van der Waals surface area contributed by atoms with E-state index in [0.29, 0.717) is 22.7 Å². The maximum absolute atomic E-state index is 13.0. The van der Waals surface area contributed by atoms with E-state index in [0.717, 1.165) is 35.5 Å². The maximum Gasteiger partial charge on any atom is 0.340 e. The van der Waals surface area contributed by atoms with Crippen molar-refractivity contribution < 1.29 is 14.3 Å². The fourth-order valence-corrected chi connectivity index (χ4v) is 5.24. The van der Waals surface area contributed by atoms with Crippen LogP contribution >= 0.6 is 23.5 Å². The van der Waals surface area contributed by atoms with Crippen molar-refractivity contribution >= 4 is 41.1 Å². The second kappa shape index (κ2) is 9.33. The van der Waals surface area contributed by atoms with Crippen molar-refractivity contribution in [2.45, 2.75) is 47.3 Å². The Morgan fingerprint density at radius 3 is 2.81 bits per heavy atom. The number of aromatic nitrogens is 1. The van der Waals surface area contributed by atoms with Gasteiger partial charge >= 0.3 is 5.97 Å². The van der Waals surface area contributed by atoms with Crippen LogP contribution in [-0.4, -0.2) is 41.5 Å². The lowest BCUT2D eigenvalue weighted by Gasteiger charge is -2.22. The molecule has 1 aromatic carbocycles. The van der Waals surface area contributed by atoms with Gasteiger partial charge in [0.25, 0.3) is 5.91 Å². The van der Waals surface area contributed by atoms with Crippen molar-refractivity contribution in [3.63, 3.8) is 0 Å². The fraction of sp³-hybridized carbons (Fsp3) is 0.391. The van der Waals surface area contributed by atoms with Gasteiger partial charge in [0.05, 0.1) is 16.8 Å². The molecule has 8 heteroatoms. The van der Waals surface area contributed by atoms with E-state index in [1.54, 1.807) is 22.7 Å². The minimum Gasteiger partial charge on any atom is -0.452 e. The molecule has 2 aliphatic rings. The molecule has 160 valence electrons. The standard InChI is InChI=1S/C23H23N3O3S2/c1-14-9-10-26(19-5-3-4-6-20(19)31-14)21(27)13-29-23(28)16-11-18(15-7-8-15)25-22(30-2)17(16)12-24/h3-6,11,14-15H,7-10,13H2,1-2H3. The number of pyridine rings is 1. The number of thioether (sulfide) groups is 2. The zero-order valence-electron chi connectivity index (χ0n) is 17.5. The number of carbonyl (C=O) groups excluding carboxylic acids is 2. The Morgan fingerprint density at radius 2 is 2.10 bits per heavy atom. The summed E-state index contributed by atoms with van der Waals surface area (Å²) in [6.07, 6.45) is 4.74. The lowest BCUT2D eigenvalue weighted by atomic mass is 10.1. The van der Waals surface area contributed by atoms with Crippen LogP contribution in [0.25, 0.3) is 0 Å². The average molecular weight is 454 g/mol. The van der Waals surface area contributed by atoms with Crippen LogP contribution in [0, 0.1) is 11.3 Å². The molecule has 1 unspecified atom stereocenters. The maximum atomic E-state index is 13.0. The third kappa shape index (κ3) is 4.73. The molecule has 4 rings (SSSR count). The Kier molecular flexibility index (Phi) is 6.54. The van der Waals surface area contributed by atoms with Gasteiger partial charge < -0.3 is 9.64 Å². The van der Waals surface area contributed by atoms with Gasteiger partial charge in [0.1, 0.15) is 11.1 Å². The number of anilines is 1. The van der Waals surface area contributed by atoms with Crippen LogP contribution in [0.15, 0.2) is 40.3 Å². The van der Waals surface area contributed by atoms with Crippen molar-refractivity contribution in [2.24, 2.45) is 0 Å². The van der Waals surface area contributed by atoms with E-state index >= 15 is 0 Å². The Labute approximate surface area is 190 Å². The van der Waals surface area contributed by atoms with Gasteiger partial charge in [-0.25, -0.2) is 9.78 Å². The van der Waals surface area contributed by atoms with Gasteiger partial charge in [-0.15, -0.1) is 23.5 Å². The summed E-state index contributed by atoms with van der Waals surface area (Å²) < 4.78 is 5.40. The van der Waals surface area contributed by atoms with Crippen LogP contribution in [0.2, 0.25) is 0 Å². The predicted molar refractivity (Wildman–Crippen MR) is 122 cm³/mol. The number of nitrogens with zero attached hydrogens (tertiary/aromatic N) is 3. The summed E-state index contributed by atoms with van der Waals surface area (Å²) in [4.78, 5) is 33.1. The minimum atomic E-state index is -0.657. The van der Waals surface area contributed by atoms with Crippen LogP contribution in [0.1, 0.15) is 53.7 Å². The van der Waals surface area contributed by atoms with Gasteiger partial charge in [-0.05, 0) is 43.7 Å². The molecule has 1 saturated carbocycles. The summed E-state index contributed by atoms with van der Waals surface area (Å²) in [5.74, 6) is -0.592. The second-order valence-corrected chi connectivity index (χ2v) is 9.95. The topological polar surface area (TPSA) is 83.3 Å². The summed E-state index contributed by atoms with van der Waals surface area (Å²) in [7, 11) is 0. The molecule has 2 heterocycles. The third-order valence-electron chi connectivity index (χ3n) is 5.40. The van der Waals surface area contributed by atoms with Gasteiger partial charge in [0.15, 0.2) is 6.61 Å². The predicted octanol–water partition coefficient (Wildman–Crippen LogP) is 4.63. The summed E-state index contributed by atoms with van der Waals surface area (Å²) in [5, 5.41) is 10.5. The Balaban J connectivity index is 1.52. The molecule has 1 atom stereocenters. The molecule has 6 nitrogen and oxygen atoms in total. The highest BCUT2D eigenvalue weighted by Crippen LogP contribution is 2.41. The number of rotatable bonds is 5. The van der Waals surface area contributed by atoms with Crippen LogP contribution in [-0.2, 0) is 9.53 Å². The smallest absolute Gasteiger partial charge is 0.340 e. The highest BCUT2D eigenvalue weighted by atomic mass is 32.2. The zero-order chi connectivity index (χ0) is 22.0. The highest BCUT2D eigenvalue weighted by Gasteiger charge is 2.30. The number of esters is 1. The van der Waals surface area contributed by atoms with E-state index in [1.807, 2.05) is 30.5 Å². The molecule has 2 aromatic rings. The number of nitriles is 1. The Bertz CT molecular complexity index is 1060. The number of hydrogen-bond donors (Lipinski definition) is 0. The van der Waals surface area contributed by atoms with Gasteiger partial charge in [0, 0.05) is 28.3 Å². The number of hydrogen-bond acceptors (Lipinski definition) is 7. The van der Waals surface area contributed by atoms with E-state index < -0.39 is 5.97 Å². The summed E-state index contributed by atoms with van der Waals surface area (Å²) in [6, 6.07) is 11.5. The zero-order valence-corrected chi connectivity index (χ0v) is 19.1. The van der Waals surface area contributed by atoms with E-state index in [4.69, 9.17) is 4.74 Å². The van der Waals surface area contributed by atoms with Crippen molar-refractivity contribution in [2.75, 3.05) is 24.3 Å². The number of ether oxygens (including phenoxy) is 1. The molecule has 0 saturated heterocycles. The van der Waals surface area contributed by atoms with Gasteiger partial charge in [-0.2, -0.15) is 5.26 Å². The lowest BCUT2D eigenvalue weighted by Crippen LogP contribution is -2.36. The quantitative estimate of drug-likeness (QED) is 0.482. The molecular formula is C23H23N3O3S2. The molecule has 0 N–H and O–H groups in total. The Morgan fingerprint density at radius 1 is 1.32 bits per heavy atom. The number of fused-ring (bicyclic) bond motifs is 1. The van der Waals surface area contributed by atoms with Crippen LogP contribution in [0.3, 0.4) is 0 Å². The van der Waals surface area contributed by atoms with E-state index in [-0.39, 0.29) is 23.6 Å². The molecule has 0 radical (unpaired) electrons. The molecule has 1 aliphatic heterocycles. The molecule has 0 bridgehead atoms. The minimum absolute atomic E-state index is 0.192. The average Bonchev–Trinajstić information content (AvgIpc) is 3.63. The van der Waals surface area contributed by atoms with Gasteiger partial charge in [0.2, 0.25) is 0 Å². The molecule has 1 fully saturated rings. The highest BCUT2D eigenvalue weighted by molar-refractivity contribution is 8.00. The first kappa shape index (κ1) is 21.7. The van der Waals surface area contributed by atoms with E-state index in [1.165, 1.54) is 11.8 Å². The van der Waals surface area contributed by atoms with Crippen LogP contribution < -0.4 is 4.90 Å². The second-order valence-electron chi connectivity index (χ2n) is 7.67. The third-order valence-corrected chi connectivity index (χ3v) is 7.32. The van der Waals surface area contributed by atoms with Gasteiger partial charge in [-0.3, -0.25) is 4.79 Å². The number of carbonyl (C=O) groups is 2. The van der Waals surface area contributed by atoms with Crippen molar-refractivity contribution in [3.05, 3.63) is 47.2 Å². The molecule has 31 heavy (non-hydrogen) atoms. The normalized spacial score (nSPS) is 18.0. The van der Waals surface area contributed by atoms with Crippen molar-refractivity contribution in [3.8, 4) is 6.07 Å². The molecule has 1 aromatic heterocycles.